The van der Waals surface area contributed by atoms with Crippen molar-refractivity contribution >= 4 is 32.6 Å². The standard InChI is InChI=1S/C28H17N/c1-2-8-18-17(7-1)21-10-5-11-22-19(15-16-23(18)27(21)22)24-12-6-13-25-20-9-3-4-14-26(20)29-28(24)25/h1-16,29H. The molecule has 7 rings (SSSR count). The molecule has 0 atom stereocenters. The summed E-state index contributed by atoms with van der Waals surface area (Å²) < 4.78 is 0. The zero-order chi connectivity index (χ0) is 18.9. The summed E-state index contributed by atoms with van der Waals surface area (Å²) in [7, 11) is 0. The summed E-state index contributed by atoms with van der Waals surface area (Å²) in [6, 6.07) is 35.2. The van der Waals surface area contributed by atoms with E-state index in [1.807, 2.05) is 0 Å². The van der Waals surface area contributed by atoms with Crippen molar-refractivity contribution in [2.24, 2.45) is 0 Å². The second-order valence-corrected chi connectivity index (χ2v) is 7.83. The number of aromatic nitrogens is 1. The van der Waals surface area contributed by atoms with E-state index in [9.17, 15) is 0 Å². The molecular weight excluding hydrogens is 350 g/mol. The molecule has 1 heterocycles. The fourth-order valence-corrected chi connectivity index (χ4v) is 5.14. The Hall–Kier alpha value is -3.84. The van der Waals surface area contributed by atoms with E-state index in [0.717, 1.165) is 0 Å². The number of hydrogen-bond donors (Lipinski definition) is 1. The van der Waals surface area contributed by atoms with Crippen LogP contribution >= 0.6 is 0 Å². The number of para-hydroxylation sites is 2. The molecule has 0 amide bonds. The third kappa shape index (κ3) is 1.89. The second kappa shape index (κ2) is 5.36. The molecule has 0 radical (unpaired) electrons. The lowest BCUT2D eigenvalue weighted by Crippen LogP contribution is -1.85. The molecule has 1 aliphatic carbocycles. The molecule has 0 saturated carbocycles. The van der Waals surface area contributed by atoms with Gasteiger partial charge in [0.2, 0.25) is 0 Å². The van der Waals surface area contributed by atoms with E-state index in [1.165, 1.54) is 66.0 Å². The van der Waals surface area contributed by atoms with Gasteiger partial charge in [-0.15, -0.1) is 0 Å². The first-order chi connectivity index (χ1) is 14.4. The van der Waals surface area contributed by atoms with Gasteiger partial charge in [0.05, 0.1) is 5.52 Å². The Morgan fingerprint density at radius 2 is 0.966 bits per heavy atom. The third-order valence-corrected chi connectivity index (χ3v) is 6.38. The largest absolute Gasteiger partial charge is 0.354 e. The van der Waals surface area contributed by atoms with Gasteiger partial charge < -0.3 is 4.98 Å². The van der Waals surface area contributed by atoms with Crippen LogP contribution in [-0.4, -0.2) is 4.98 Å². The van der Waals surface area contributed by atoms with Gasteiger partial charge in [-0.1, -0.05) is 91.0 Å². The first-order valence-electron chi connectivity index (χ1n) is 10.1. The van der Waals surface area contributed by atoms with Crippen LogP contribution in [0.3, 0.4) is 0 Å². The van der Waals surface area contributed by atoms with E-state index >= 15 is 0 Å². The van der Waals surface area contributed by atoms with Crippen LogP contribution in [0, 0.1) is 0 Å². The third-order valence-electron chi connectivity index (χ3n) is 6.38. The molecule has 0 aliphatic heterocycles. The van der Waals surface area contributed by atoms with E-state index in [2.05, 4.69) is 102 Å². The van der Waals surface area contributed by atoms with Crippen LogP contribution in [0.5, 0.6) is 0 Å². The van der Waals surface area contributed by atoms with Crippen molar-refractivity contribution < 1.29 is 0 Å². The van der Waals surface area contributed by atoms with Crippen molar-refractivity contribution in [1.82, 2.24) is 4.98 Å². The number of aromatic amines is 1. The lowest BCUT2D eigenvalue weighted by Gasteiger charge is -2.10. The minimum absolute atomic E-state index is 1.19. The second-order valence-electron chi connectivity index (χ2n) is 7.83. The Labute approximate surface area is 168 Å². The van der Waals surface area contributed by atoms with E-state index in [4.69, 9.17) is 0 Å². The molecule has 6 aromatic rings. The van der Waals surface area contributed by atoms with E-state index in [1.54, 1.807) is 0 Å². The maximum absolute atomic E-state index is 3.67. The molecular formula is C28H17N. The van der Waals surface area contributed by atoms with Crippen molar-refractivity contribution in [3.63, 3.8) is 0 Å². The molecule has 0 saturated heterocycles. The number of fused-ring (bicyclic) bond motifs is 6. The number of H-pyrrole nitrogens is 1. The van der Waals surface area contributed by atoms with Crippen LogP contribution in [0.1, 0.15) is 0 Å². The fraction of sp³-hybridized carbons (Fsp3) is 0. The van der Waals surface area contributed by atoms with Gasteiger partial charge in [0.1, 0.15) is 0 Å². The van der Waals surface area contributed by atoms with Crippen LogP contribution in [-0.2, 0) is 0 Å². The van der Waals surface area contributed by atoms with Crippen LogP contribution in [0.4, 0.5) is 0 Å². The van der Waals surface area contributed by atoms with Crippen LogP contribution < -0.4 is 0 Å². The van der Waals surface area contributed by atoms with Gasteiger partial charge in [-0.3, -0.25) is 0 Å². The number of nitrogens with one attached hydrogen (secondary N) is 1. The Bertz CT molecular complexity index is 1570. The maximum atomic E-state index is 3.67. The van der Waals surface area contributed by atoms with Crippen molar-refractivity contribution in [2.75, 3.05) is 0 Å². The molecule has 0 spiro atoms. The number of benzene rings is 5. The maximum Gasteiger partial charge on any atom is 0.0544 e. The van der Waals surface area contributed by atoms with E-state index in [0.29, 0.717) is 0 Å². The van der Waals surface area contributed by atoms with Gasteiger partial charge in [0, 0.05) is 21.9 Å². The quantitative estimate of drug-likeness (QED) is 0.305. The highest BCUT2D eigenvalue weighted by Gasteiger charge is 2.22. The Kier molecular flexibility index (Phi) is 2.80. The molecule has 1 N–H and O–H groups in total. The molecule has 0 fully saturated rings. The molecule has 5 aromatic carbocycles. The van der Waals surface area contributed by atoms with Gasteiger partial charge >= 0.3 is 0 Å². The first kappa shape index (κ1) is 15.1. The average Bonchev–Trinajstić information content (AvgIpc) is 3.32. The minimum Gasteiger partial charge on any atom is -0.354 e. The molecule has 0 bridgehead atoms. The summed E-state index contributed by atoms with van der Waals surface area (Å²) in [6.07, 6.45) is 0. The summed E-state index contributed by atoms with van der Waals surface area (Å²) in [4.78, 5) is 3.67. The van der Waals surface area contributed by atoms with Crippen LogP contribution in [0.2, 0.25) is 0 Å². The normalized spacial score (nSPS) is 12.1. The summed E-state index contributed by atoms with van der Waals surface area (Å²) in [5, 5.41) is 5.26. The Balaban J connectivity index is 1.60. The van der Waals surface area contributed by atoms with Crippen molar-refractivity contribution in [2.45, 2.75) is 0 Å². The monoisotopic (exact) mass is 367 g/mol. The van der Waals surface area contributed by atoms with Gasteiger partial charge in [0.25, 0.3) is 0 Å². The first-order valence-corrected chi connectivity index (χ1v) is 10.1. The van der Waals surface area contributed by atoms with Crippen molar-refractivity contribution in [3.8, 4) is 33.4 Å². The van der Waals surface area contributed by atoms with E-state index in [-0.39, 0.29) is 0 Å². The summed E-state index contributed by atoms with van der Waals surface area (Å²) in [5.74, 6) is 0. The van der Waals surface area contributed by atoms with Crippen LogP contribution in [0.25, 0.3) is 66.0 Å². The van der Waals surface area contributed by atoms with Crippen molar-refractivity contribution in [1.29, 1.82) is 0 Å². The van der Waals surface area contributed by atoms with E-state index < -0.39 is 0 Å². The predicted molar refractivity (Wildman–Crippen MR) is 123 cm³/mol. The zero-order valence-electron chi connectivity index (χ0n) is 15.7. The number of hydrogen-bond acceptors (Lipinski definition) is 0. The zero-order valence-corrected chi connectivity index (χ0v) is 15.7. The van der Waals surface area contributed by atoms with Gasteiger partial charge in [-0.25, -0.2) is 0 Å². The minimum atomic E-state index is 1.19. The molecule has 1 heteroatoms. The highest BCUT2D eigenvalue weighted by atomic mass is 14.7. The van der Waals surface area contributed by atoms with Crippen LogP contribution in [0.15, 0.2) is 97.1 Å². The Morgan fingerprint density at radius 1 is 0.379 bits per heavy atom. The molecule has 1 aromatic heterocycles. The topological polar surface area (TPSA) is 15.8 Å². The number of rotatable bonds is 1. The van der Waals surface area contributed by atoms with Gasteiger partial charge in [0.15, 0.2) is 0 Å². The van der Waals surface area contributed by atoms with Crippen molar-refractivity contribution in [3.05, 3.63) is 97.1 Å². The summed E-state index contributed by atoms with van der Waals surface area (Å²) in [6.45, 7) is 0. The Morgan fingerprint density at radius 3 is 1.83 bits per heavy atom. The smallest absolute Gasteiger partial charge is 0.0544 e. The highest BCUT2D eigenvalue weighted by molar-refractivity contribution is 6.21. The molecule has 1 nitrogen and oxygen atoms in total. The molecule has 29 heavy (non-hydrogen) atoms. The lowest BCUT2D eigenvalue weighted by atomic mass is 9.93. The predicted octanol–water partition coefficient (Wildman–Crippen LogP) is 7.79. The van der Waals surface area contributed by atoms with Gasteiger partial charge in [-0.05, 0) is 44.7 Å². The lowest BCUT2D eigenvalue weighted by molar-refractivity contribution is 1.54. The van der Waals surface area contributed by atoms with Gasteiger partial charge in [-0.2, -0.15) is 0 Å². The SMILES string of the molecule is c1ccc2c(c1)-c1cccc3c(-c4cccc5c4[nH]c4ccccc45)ccc-2c13. The molecule has 0 unspecified atom stereocenters. The fourth-order valence-electron chi connectivity index (χ4n) is 5.14. The average molecular weight is 367 g/mol. The molecule has 134 valence electrons. The summed E-state index contributed by atoms with van der Waals surface area (Å²) in [5.41, 5.74) is 10.3. The molecule has 1 aliphatic rings. The summed E-state index contributed by atoms with van der Waals surface area (Å²) >= 11 is 0. The highest BCUT2D eigenvalue weighted by Crippen LogP contribution is 2.49.